The van der Waals surface area contributed by atoms with Crippen LogP contribution in [0.25, 0.3) is 10.4 Å². The Balaban J connectivity index is 2.40. The highest BCUT2D eigenvalue weighted by molar-refractivity contribution is 7.60. The van der Waals surface area contributed by atoms with E-state index in [1.165, 1.54) is 0 Å². The summed E-state index contributed by atoms with van der Waals surface area (Å²) in [6.07, 6.45) is 5.02. The molecule has 1 unspecified atom stereocenters. The zero-order chi connectivity index (χ0) is 22.6. The minimum atomic E-state index is -5.11. The summed E-state index contributed by atoms with van der Waals surface area (Å²) in [4.78, 5) is 29.0. The maximum Gasteiger partial charge on any atom is 0.481 e. The molecule has 0 spiro atoms. The maximum atomic E-state index is 11.3. The second-order valence-electron chi connectivity index (χ2n) is 6.42. The fraction of sp³-hybridized carbons (Fsp3) is 0.412. The number of anilines is 1. The molecule has 0 aromatic heterocycles. The fourth-order valence-electron chi connectivity index (χ4n) is 2.29. The van der Waals surface area contributed by atoms with E-state index in [2.05, 4.69) is 30.3 Å². The van der Waals surface area contributed by atoms with Gasteiger partial charge in [-0.05, 0) is 49.9 Å². The van der Waals surface area contributed by atoms with Crippen LogP contribution in [0.5, 0.6) is 0 Å². The van der Waals surface area contributed by atoms with Crippen molar-refractivity contribution >= 4 is 21.3 Å². The van der Waals surface area contributed by atoms with Crippen LogP contribution >= 0.6 is 15.6 Å². The number of hydrogen-bond donors (Lipinski definition) is 4. The molecular weight excluding hydrogens is 434 g/mol. The molecule has 0 saturated carbocycles. The predicted octanol–water partition coefficient (Wildman–Crippen LogP) is 4.81. The molecule has 30 heavy (non-hydrogen) atoms. The number of phosphoric ester groups is 1. The monoisotopic (exact) mass is 460 g/mol. The van der Waals surface area contributed by atoms with E-state index in [1.54, 1.807) is 6.08 Å². The van der Waals surface area contributed by atoms with Crippen LogP contribution in [0.1, 0.15) is 32.3 Å². The predicted molar refractivity (Wildman–Crippen MR) is 113 cm³/mol. The lowest BCUT2D eigenvalue weighted by Gasteiger charge is -2.11. The van der Waals surface area contributed by atoms with E-state index in [9.17, 15) is 14.0 Å². The van der Waals surface area contributed by atoms with Crippen molar-refractivity contribution in [2.45, 2.75) is 33.2 Å². The highest BCUT2D eigenvalue weighted by Gasteiger charge is 2.31. The molecule has 1 aromatic carbocycles. The van der Waals surface area contributed by atoms with E-state index in [1.807, 2.05) is 38.1 Å². The van der Waals surface area contributed by atoms with E-state index in [0.29, 0.717) is 19.5 Å². The van der Waals surface area contributed by atoms with Gasteiger partial charge in [-0.2, -0.15) is 4.31 Å². The molecule has 11 nitrogen and oxygen atoms in total. The van der Waals surface area contributed by atoms with Crippen LogP contribution in [0.15, 0.2) is 52.7 Å². The quantitative estimate of drug-likeness (QED) is 0.107. The van der Waals surface area contributed by atoms with Crippen LogP contribution in [0.4, 0.5) is 5.69 Å². The lowest BCUT2D eigenvalue weighted by molar-refractivity contribution is 0.191. The number of nitrogens with zero attached hydrogens (tertiary/aromatic N) is 3. The van der Waals surface area contributed by atoms with Gasteiger partial charge in [0.05, 0.1) is 13.2 Å². The number of nitrogens with one attached hydrogen (secondary N) is 1. The lowest BCUT2D eigenvalue weighted by Crippen LogP contribution is -2.03. The molecule has 1 atom stereocenters. The molecule has 166 valence electrons. The largest absolute Gasteiger partial charge is 0.481 e. The van der Waals surface area contributed by atoms with Crippen LogP contribution in [0.3, 0.4) is 0 Å². The number of benzene rings is 1. The number of hydrogen-bond acceptors (Lipinski definition) is 6. The van der Waals surface area contributed by atoms with E-state index in [0.717, 1.165) is 28.8 Å². The van der Waals surface area contributed by atoms with Crippen molar-refractivity contribution in [3.05, 3.63) is 63.6 Å². The molecule has 1 aromatic rings. The average Bonchev–Trinajstić information content (AvgIpc) is 2.63. The van der Waals surface area contributed by atoms with Crippen molar-refractivity contribution in [2.75, 3.05) is 18.5 Å². The van der Waals surface area contributed by atoms with Gasteiger partial charge < -0.3 is 20.0 Å². The highest BCUT2D eigenvalue weighted by atomic mass is 31.3. The van der Waals surface area contributed by atoms with Gasteiger partial charge in [0.25, 0.3) is 0 Å². The van der Waals surface area contributed by atoms with Crippen LogP contribution in [-0.4, -0.2) is 27.8 Å². The third-order valence-electron chi connectivity index (χ3n) is 3.73. The molecule has 0 heterocycles. The lowest BCUT2D eigenvalue weighted by atomic mass is 10.1. The van der Waals surface area contributed by atoms with Crippen LogP contribution in [0.2, 0.25) is 0 Å². The molecule has 0 aliphatic rings. The Kier molecular flexibility index (Phi) is 11.0. The first-order valence-electron chi connectivity index (χ1n) is 8.90. The number of phosphoric acid groups is 2. The first kappa shape index (κ1) is 26.1. The maximum absolute atomic E-state index is 11.3. The zero-order valence-electron chi connectivity index (χ0n) is 16.7. The Bertz CT molecular complexity index is 907. The van der Waals surface area contributed by atoms with Gasteiger partial charge in [0.15, 0.2) is 0 Å². The van der Waals surface area contributed by atoms with Crippen molar-refractivity contribution < 1.29 is 32.6 Å². The SMILES string of the molecule is C/C(=C\COP(=O)(O)OP(=O)(O)O)CC/C=C(\C)CNc1cccc(CN=[N+]=[N-])c1. The van der Waals surface area contributed by atoms with Gasteiger partial charge in [-0.15, -0.1) is 0 Å². The Morgan fingerprint density at radius 2 is 1.97 bits per heavy atom. The Hall–Kier alpha value is -1.93. The zero-order valence-corrected chi connectivity index (χ0v) is 18.5. The third-order valence-corrected chi connectivity index (χ3v) is 5.88. The van der Waals surface area contributed by atoms with Crippen molar-refractivity contribution in [1.82, 2.24) is 0 Å². The first-order chi connectivity index (χ1) is 14.0. The standard InChI is InChI=1S/C17H26N4O7P2/c1-14(9-10-27-30(25,26)28-29(22,23)24)5-3-6-15(2)12-19-17-8-4-7-16(11-17)13-20-21-18/h4,6-9,11,19H,3,5,10,12-13H2,1-2H3,(H,25,26)(H2,22,23,24)/b14-9+,15-6+. The Morgan fingerprint density at radius 3 is 2.63 bits per heavy atom. The molecule has 0 bridgehead atoms. The number of azide groups is 1. The number of rotatable bonds is 13. The normalized spacial score (nSPS) is 14.7. The van der Waals surface area contributed by atoms with Crippen molar-refractivity contribution in [3.8, 4) is 0 Å². The van der Waals surface area contributed by atoms with Crippen LogP contribution in [-0.2, 0) is 24.5 Å². The number of allylic oxidation sites excluding steroid dienone is 2. The molecule has 0 fully saturated rings. The van der Waals surface area contributed by atoms with Crippen LogP contribution in [0, 0.1) is 0 Å². The topological polar surface area (TPSA) is 174 Å². The third kappa shape index (κ3) is 12.6. The summed E-state index contributed by atoms with van der Waals surface area (Å²) in [5.74, 6) is 0. The van der Waals surface area contributed by atoms with Gasteiger partial charge in [-0.3, -0.25) is 4.52 Å². The summed E-state index contributed by atoms with van der Waals surface area (Å²) >= 11 is 0. The molecule has 0 saturated heterocycles. The minimum Gasteiger partial charge on any atom is -0.381 e. The second kappa shape index (κ2) is 12.7. The smallest absolute Gasteiger partial charge is 0.381 e. The molecule has 0 radical (unpaired) electrons. The summed E-state index contributed by atoms with van der Waals surface area (Å²) in [6.45, 7) is 4.43. The molecular formula is C17H26N4O7P2. The van der Waals surface area contributed by atoms with Gasteiger partial charge in [0, 0.05) is 17.1 Å². The summed E-state index contributed by atoms with van der Waals surface area (Å²) in [7, 11) is -9.92. The van der Waals surface area contributed by atoms with E-state index < -0.39 is 15.6 Å². The molecule has 0 aliphatic heterocycles. The van der Waals surface area contributed by atoms with Crippen molar-refractivity contribution in [2.24, 2.45) is 5.11 Å². The van der Waals surface area contributed by atoms with Gasteiger partial charge in [-0.1, -0.05) is 40.5 Å². The van der Waals surface area contributed by atoms with E-state index >= 15 is 0 Å². The van der Waals surface area contributed by atoms with Gasteiger partial charge in [0.1, 0.15) is 0 Å². The summed E-state index contributed by atoms with van der Waals surface area (Å²) < 4.78 is 30.1. The molecule has 13 heteroatoms. The van der Waals surface area contributed by atoms with E-state index in [-0.39, 0.29) is 6.61 Å². The first-order valence-corrected chi connectivity index (χ1v) is 11.9. The average molecular weight is 460 g/mol. The van der Waals surface area contributed by atoms with Crippen LogP contribution < -0.4 is 5.32 Å². The van der Waals surface area contributed by atoms with Gasteiger partial charge >= 0.3 is 15.6 Å². The fourth-order valence-corrected chi connectivity index (χ4v) is 3.81. The summed E-state index contributed by atoms with van der Waals surface area (Å²) in [5.41, 5.74) is 12.2. The summed E-state index contributed by atoms with van der Waals surface area (Å²) in [6, 6.07) is 7.62. The molecule has 4 N–H and O–H groups in total. The van der Waals surface area contributed by atoms with Crippen molar-refractivity contribution in [3.63, 3.8) is 0 Å². The minimum absolute atomic E-state index is 0.299. The molecule has 0 aliphatic carbocycles. The Labute approximate surface area is 174 Å². The van der Waals surface area contributed by atoms with Gasteiger partial charge in [0.2, 0.25) is 0 Å². The Morgan fingerprint density at radius 1 is 1.23 bits per heavy atom. The second-order valence-corrected chi connectivity index (χ2v) is 9.25. The summed E-state index contributed by atoms with van der Waals surface area (Å²) in [5, 5.41) is 6.84. The van der Waals surface area contributed by atoms with Gasteiger partial charge in [-0.25, -0.2) is 9.13 Å². The molecule has 0 amide bonds. The highest BCUT2D eigenvalue weighted by Crippen LogP contribution is 2.57. The molecule has 1 rings (SSSR count). The van der Waals surface area contributed by atoms with E-state index in [4.69, 9.17) is 15.3 Å². The van der Waals surface area contributed by atoms with Crippen molar-refractivity contribution in [1.29, 1.82) is 0 Å².